The second-order valence-corrected chi connectivity index (χ2v) is 5.93. The number of carbonyl (C=O) groups is 1. The number of hydrogen-bond acceptors (Lipinski definition) is 3. The quantitative estimate of drug-likeness (QED) is 0.750. The van der Waals surface area contributed by atoms with Gasteiger partial charge in [0.1, 0.15) is 0 Å². The summed E-state index contributed by atoms with van der Waals surface area (Å²) in [5, 5.41) is 10.6. The van der Waals surface area contributed by atoms with Crippen LogP contribution in [0.1, 0.15) is 46.5 Å². The van der Waals surface area contributed by atoms with Gasteiger partial charge in [-0.25, -0.2) is 0 Å². The molecule has 0 aromatic carbocycles. The average molecular weight is 226 g/mol. The highest BCUT2D eigenvalue weighted by Crippen LogP contribution is 2.63. The van der Waals surface area contributed by atoms with Gasteiger partial charge in [-0.2, -0.15) is 0 Å². The molecule has 3 heteroatoms. The SMILES string of the molecule is CCOC(=O)C[C@@]1(O)CC[C@H]2C[C@@H]1C2(C)C. The van der Waals surface area contributed by atoms with Crippen LogP contribution in [-0.4, -0.2) is 23.3 Å². The first-order chi connectivity index (χ1) is 7.40. The Morgan fingerprint density at radius 1 is 1.50 bits per heavy atom. The van der Waals surface area contributed by atoms with E-state index in [1.165, 1.54) is 0 Å². The number of carbonyl (C=O) groups excluding carboxylic acids is 1. The van der Waals surface area contributed by atoms with Crippen molar-refractivity contribution in [2.45, 2.75) is 52.1 Å². The predicted molar refractivity (Wildman–Crippen MR) is 60.8 cm³/mol. The fourth-order valence-electron chi connectivity index (χ4n) is 3.69. The summed E-state index contributed by atoms with van der Waals surface area (Å²) in [6.45, 7) is 6.61. The van der Waals surface area contributed by atoms with E-state index in [0.717, 1.165) is 25.2 Å². The number of aliphatic hydroxyl groups is 1. The normalized spacial score (nSPS) is 40.0. The third kappa shape index (κ3) is 1.65. The van der Waals surface area contributed by atoms with Crippen LogP contribution < -0.4 is 0 Å². The van der Waals surface area contributed by atoms with Crippen molar-refractivity contribution >= 4 is 5.97 Å². The van der Waals surface area contributed by atoms with Crippen LogP contribution in [0.2, 0.25) is 0 Å². The van der Waals surface area contributed by atoms with Crippen molar-refractivity contribution in [3.63, 3.8) is 0 Å². The van der Waals surface area contributed by atoms with Crippen LogP contribution in [0.3, 0.4) is 0 Å². The van der Waals surface area contributed by atoms with Gasteiger partial charge in [0.05, 0.1) is 18.6 Å². The molecule has 0 heterocycles. The van der Waals surface area contributed by atoms with E-state index in [-0.39, 0.29) is 23.7 Å². The van der Waals surface area contributed by atoms with Crippen molar-refractivity contribution in [3.05, 3.63) is 0 Å². The second-order valence-electron chi connectivity index (χ2n) is 5.93. The summed E-state index contributed by atoms with van der Waals surface area (Å²) in [4.78, 5) is 11.5. The first kappa shape index (κ1) is 11.9. The summed E-state index contributed by atoms with van der Waals surface area (Å²) in [7, 11) is 0. The minimum atomic E-state index is -0.815. The lowest BCUT2D eigenvalue weighted by molar-refractivity contribution is -0.209. The van der Waals surface area contributed by atoms with Gasteiger partial charge in [-0.05, 0) is 43.4 Å². The molecule has 3 atom stereocenters. The molecule has 0 unspecified atom stereocenters. The summed E-state index contributed by atoms with van der Waals surface area (Å²) in [5.74, 6) is 0.745. The van der Waals surface area contributed by atoms with Gasteiger partial charge in [0.25, 0.3) is 0 Å². The molecule has 0 aliphatic heterocycles. The van der Waals surface area contributed by atoms with Crippen LogP contribution in [0.5, 0.6) is 0 Å². The molecule has 0 saturated heterocycles. The predicted octanol–water partition coefficient (Wildman–Crippen LogP) is 2.13. The molecule has 3 nitrogen and oxygen atoms in total. The van der Waals surface area contributed by atoms with Gasteiger partial charge in [-0.15, -0.1) is 0 Å². The minimum absolute atomic E-state index is 0.168. The first-order valence-electron chi connectivity index (χ1n) is 6.28. The highest BCUT2D eigenvalue weighted by molar-refractivity contribution is 5.70. The van der Waals surface area contributed by atoms with E-state index >= 15 is 0 Å². The summed E-state index contributed by atoms with van der Waals surface area (Å²) in [6, 6.07) is 0. The lowest BCUT2D eigenvalue weighted by atomic mass is 9.43. The zero-order valence-electron chi connectivity index (χ0n) is 10.5. The molecule has 3 aliphatic rings. The van der Waals surface area contributed by atoms with Gasteiger partial charge in [-0.1, -0.05) is 13.8 Å². The Kier molecular flexibility index (Phi) is 2.77. The number of esters is 1. The molecular formula is C13H22O3. The van der Waals surface area contributed by atoms with Crippen LogP contribution >= 0.6 is 0 Å². The Hall–Kier alpha value is -0.570. The second kappa shape index (κ2) is 3.73. The van der Waals surface area contributed by atoms with E-state index in [9.17, 15) is 9.90 Å². The van der Waals surface area contributed by atoms with E-state index in [0.29, 0.717) is 6.61 Å². The summed E-state index contributed by atoms with van der Waals surface area (Å²) in [5.41, 5.74) is -0.621. The fraction of sp³-hybridized carbons (Fsp3) is 0.923. The monoisotopic (exact) mass is 226 g/mol. The standard InChI is InChI=1S/C13H22O3/c1-4-16-11(14)8-13(15)6-5-9-7-10(13)12(9,2)3/h9-10,15H,4-8H2,1-3H3/t9-,10+,13-/m0/s1. The maximum absolute atomic E-state index is 11.5. The van der Waals surface area contributed by atoms with Crippen molar-refractivity contribution in [3.8, 4) is 0 Å². The van der Waals surface area contributed by atoms with E-state index in [1.807, 2.05) is 0 Å². The van der Waals surface area contributed by atoms with Crippen LogP contribution in [0.25, 0.3) is 0 Å². The largest absolute Gasteiger partial charge is 0.466 e. The molecule has 1 N–H and O–H groups in total. The van der Waals surface area contributed by atoms with Crippen molar-refractivity contribution in [2.75, 3.05) is 6.61 Å². The molecule has 0 amide bonds. The molecule has 3 rings (SSSR count). The van der Waals surface area contributed by atoms with Crippen molar-refractivity contribution in [1.29, 1.82) is 0 Å². The highest BCUT2D eigenvalue weighted by Gasteiger charge is 2.61. The zero-order chi connectivity index (χ0) is 12.0. The van der Waals surface area contributed by atoms with Gasteiger partial charge < -0.3 is 9.84 Å². The van der Waals surface area contributed by atoms with Crippen LogP contribution in [0.15, 0.2) is 0 Å². The Morgan fingerprint density at radius 3 is 2.69 bits per heavy atom. The molecule has 0 radical (unpaired) electrons. The first-order valence-corrected chi connectivity index (χ1v) is 6.28. The summed E-state index contributed by atoms with van der Waals surface area (Å²) in [6.07, 6.45) is 3.04. The number of rotatable bonds is 3. The molecule has 0 aromatic heterocycles. The lowest BCUT2D eigenvalue weighted by Gasteiger charge is -2.63. The third-order valence-corrected chi connectivity index (χ3v) is 4.80. The molecule has 0 aromatic rings. The minimum Gasteiger partial charge on any atom is -0.466 e. The topological polar surface area (TPSA) is 46.5 Å². The molecule has 16 heavy (non-hydrogen) atoms. The summed E-state index contributed by atoms with van der Waals surface area (Å²) >= 11 is 0. The molecular weight excluding hydrogens is 204 g/mol. The molecule has 2 bridgehead atoms. The fourth-order valence-corrected chi connectivity index (χ4v) is 3.69. The third-order valence-electron chi connectivity index (χ3n) is 4.80. The van der Waals surface area contributed by atoms with Gasteiger partial charge in [-0.3, -0.25) is 4.79 Å². The Balaban J connectivity index is 2.04. The Labute approximate surface area is 97.2 Å². The van der Waals surface area contributed by atoms with E-state index in [4.69, 9.17) is 4.74 Å². The highest BCUT2D eigenvalue weighted by atomic mass is 16.5. The van der Waals surface area contributed by atoms with Gasteiger partial charge in [0.15, 0.2) is 0 Å². The smallest absolute Gasteiger partial charge is 0.308 e. The van der Waals surface area contributed by atoms with Crippen LogP contribution in [-0.2, 0) is 9.53 Å². The van der Waals surface area contributed by atoms with E-state index < -0.39 is 5.60 Å². The van der Waals surface area contributed by atoms with Crippen LogP contribution in [0, 0.1) is 17.3 Å². The molecule has 0 spiro atoms. The summed E-state index contributed by atoms with van der Waals surface area (Å²) < 4.78 is 4.94. The lowest BCUT2D eigenvalue weighted by Crippen LogP contribution is -2.62. The molecule has 3 fully saturated rings. The molecule has 3 saturated carbocycles. The van der Waals surface area contributed by atoms with Gasteiger partial charge >= 0.3 is 5.97 Å². The Bertz CT molecular complexity index is 296. The van der Waals surface area contributed by atoms with Crippen molar-refractivity contribution < 1.29 is 14.6 Å². The zero-order valence-corrected chi connectivity index (χ0v) is 10.5. The maximum atomic E-state index is 11.5. The number of ether oxygens (including phenoxy) is 1. The van der Waals surface area contributed by atoms with E-state index in [2.05, 4.69) is 13.8 Å². The van der Waals surface area contributed by atoms with Gasteiger partial charge in [0, 0.05) is 0 Å². The van der Waals surface area contributed by atoms with E-state index in [1.54, 1.807) is 6.92 Å². The molecule has 92 valence electrons. The van der Waals surface area contributed by atoms with Gasteiger partial charge in [0.2, 0.25) is 0 Å². The number of hydrogen-bond donors (Lipinski definition) is 1. The maximum Gasteiger partial charge on any atom is 0.308 e. The molecule has 3 aliphatic carbocycles. The Morgan fingerprint density at radius 2 is 2.19 bits per heavy atom. The average Bonchev–Trinajstić information content (AvgIpc) is 2.16. The number of fused-ring (bicyclic) bond motifs is 2. The van der Waals surface area contributed by atoms with Crippen molar-refractivity contribution in [2.24, 2.45) is 17.3 Å². The van der Waals surface area contributed by atoms with Crippen molar-refractivity contribution in [1.82, 2.24) is 0 Å². The van der Waals surface area contributed by atoms with Crippen LogP contribution in [0.4, 0.5) is 0 Å².